The molecular weight excluding hydrogens is 162 g/mol. The molecule has 0 amide bonds. The zero-order valence-corrected chi connectivity index (χ0v) is 9.38. The van der Waals surface area contributed by atoms with E-state index in [1.807, 2.05) is 7.05 Å². The lowest BCUT2D eigenvalue weighted by Crippen LogP contribution is -2.55. The Morgan fingerprint density at radius 3 is 2.23 bits per heavy atom. The molecule has 0 radical (unpaired) electrons. The maximum atomic E-state index is 3.20. The minimum absolute atomic E-state index is 0.695. The predicted molar refractivity (Wildman–Crippen MR) is 57.1 cm³/mol. The Hall–Kier alpha value is -0.120. The van der Waals surface area contributed by atoms with E-state index in [9.17, 15) is 0 Å². The van der Waals surface area contributed by atoms with Crippen LogP contribution in [0.25, 0.3) is 0 Å². The fourth-order valence-corrected chi connectivity index (χ4v) is 1.97. The normalized spacial score (nSPS) is 32.3. The Labute approximate surface area is 82.1 Å². The number of rotatable bonds is 3. The summed E-state index contributed by atoms with van der Waals surface area (Å²) in [6.45, 7) is 9.32. The van der Waals surface area contributed by atoms with Gasteiger partial charge in [0, 0.05) is 38.3 Å². The zero-order chi connectivity index (χ0) is 9.84. The van der Waals surface area contributed by atoms with Gasteiger partial charge in [0.25, 0.3) is 0 Å². The van der Waals surface area contributed by atoms with Gasteiger partial charge < -0.3 is 5.32 Å². The third-order valence-corrected chi connectivity index (χ3v) is 3.11. The molecule has 1 aliphatic heterocycles. The highest BCUT2D eigenvalue weighted by Crippen LogP contribution is 2.12. The van der Waals surface area contributed by atoms with E-state index in [-0.39, 0.29) is 0 Å². The van der Waals surface area contributed by atoms with E-state index in [1.54, 1.807) is 0 Å². The first-order valence-corrected chi connectivity index (χ1v) is 5.24. The van der Waals surface area contributed by atoms with E-state index in [0.29, 0.717) is 12.1 Å². The van der Waals surface area contributed by atoms with Crippen LogP contribution in [0.5, 0.6) is 0 Å². The minimum atomic E-state index is 0.695. The van der Waals surface area contributed by atoms with Crippen molar-refractivity contribution < 1.29 is 0 Å². The molecule has 1 aliphatic rings. The molecule has 1 N–H and O–H groups in total. The molecule has 0 aromatic rings. The molecule has 0 saturated carbocycles. The second kappa shape index (κ2) is 4.94. The van der Waals surface area contributed by atoms with Crippen LogP contribution < -0.4 is 5.32 Å². The summed E-state index contributed by atoms with van der Waals surface area (Å²) in [5.74, 6) is 0. The molecule has 0 spiro atoms. The second-order valence-electron chi connectivity index (χ2n) is 4.23. The highest BCUT2D eigenvalue weighted by atomic mass is 15.3. The Balaban J connectivity index is 2.35. The van der Waals surface area contributed by atoms with Crippen LogP contribution in [-0.2, 0) is 0 Å². The molecule has 13 heavy (non-hydrogen) atoms. The Morgan fingerprint density at radius 2 is 1.77 bits per heavy atom. The van der Waals surface area contributed by atoms with Crippen LogP contribution in [0.3, 0.4) is 0 Å². The van der Waals surface area contributed by atoms with Gasteiger partial charge in [0.1, 0.15) is 0 Å². The quantitative estimate of drug-likeness (QED) is 0.679. The summed E-state index contributed by atoms with van der Waals surface area (Å²) < 4.78 is 0. The summed E-state index contributed by atoms with van der Waals surface area (Å²) in [6.07, 6.45) is 0. The van der Waals surface area contributed by atoms with E-state index in [1.165, 1.54) is 19.6 Å². The fraction of sp³-hybridized carbons (Fsp3) is 1.00. The van der Waals surface area contributed by atoms with Crippen molar-refractivity contribution in [2.75, 3.05) is 40.3 Å². The molecule has 1 fully saturated rings. The smallest absolute Gasteiger partial charge is 0.0195 e. The number of nitrogens with one attached hydrogen (secondary N) is 1. The van der Waals surface area contributed by atoms with Crippen molar-refractivity contribution in [3.05, 3.63) is 0 Å². The molecule has 2 atom stereocenters. The Morgan fingerprint density at radius 1 is 1.23 bits per heavy atom. The molecule has 1 heterocycles. The fourth-order valence-electron chi connectivity index (χ4n) is 1.97. The number of hydrogen-bond acceptors (Lipinski definition) is 3. The maximum absolute atomic E-state index is 3.20. The van der Waals surface area contributed by atoms with Crippen LogP contribution in [-0.4, -0.2) is 62.2 Å². The predicted octanol–water partition coefficient (Wildman–Crippen LogP) is 0.230. The third-order valence-electron chi connectivity index (χ3n) is 3.11. The lowest BCUT2D eigenvalue weighted by atomic mass is 10.1. The zero-order valence-electron chi connectivity index (χ0n) is 9.38. The summed E-state index contributed by atoms with van der Waals surface area (Å²) >= 11 is 0. The van der Waals surface area contributed by atoms with Gasteiger partial charge in [0.05, 0.1) is 0 Å². The van der Waals surface area contributed by atoms with Crippen LogP contribution in [0.15, 0.2) is 0 Å². The van der Waals surface area contributed by atoms with Gasteiger partial charge in [-0.1, -0.05) is 0 Å². The van der Waals surface area contributed by atoms with Crippen LogP contribution in [0.2, 0.25) is 0 Å². The van der Waals surface area contributed by atoms with Gasteiger partial charge >= 0.3 is 0 Å². The topological polar surface area (TPSA) is 18.5 Å². The van der Waals surface area contributed by atoms with Crippen LogP contribution in [0, 0.1) is 0 Å². The summed E-state index contributed by atoms with van der Waals surface area (Å²) in [5, 5.41) is 3.20. The summed E-state index contributed by atoms with van der Waals surface area (Å²) in [4.78, 5) is 5.02. The van der Waals surface area contributed by atoms with Gasteiger partial charge in [0.15, 0.2) is 0 Å². The van der Waals surface area contributed by atoms with E-state index < -0.39 is 0 Å². The first-order chi connectivity index (χ1) is 6.15. The highest BCUT2D eigenvalue weighted by molar-refractivity contribution is 4.82. The number of likely N-dealkylation sites (N-methyl/N-ethyl adjacent to an activating group) is 2. The largest absolute Gasteiger partial charge is 0.318 e. The molecule has 0 aromatic carbocycles. The number of nitrogens with zero attached hydrogens (tertiary/aromatic N) is 2. The molecule has 1 rings (SSSR count). The molecule has 0 aromatic heterocycles. The molecule has 1 saturated heterocycles. The van der Waals surface area contributed by atoms with E-state index in [2.05, 4.69) is 36.0 Å². The summed E-state index contributed by atoms with van der Waals surface area (Å²) in [7, 11) is 4.24. The van der Waals surface area contributed by atoms with E-state index >= 15 is 0 Å². The average molecular weight is 185 g/mol. The van der Waals surface area contributed by atoms with Gasteiger partial charge in [-0.3, -0.25) is 9.80 Å². The maximum Gasteiger partial charge on any atom is 0.0195 e. The van der Waals surface area contributed by atoms with Gasteiger partial charge in [-0.25, -0.2) is 0 Å². The number of piperazine rings is 1. The molecule has 0 bridgehead atoms. The van der Waals surface area contributed by atoms with E-state index in [0.717, 1.165) is 6.54 Å². The Bertz CT molecular complexity index is 137. The van der Waals surface area contributed by atoms with Gasteiger partial charge in [-0.2, -0.15) is 0 Å². The van der Waals surface area contributed by atoms with Crippen LogP contribution in [0.4, 0.5) is 0 Å². The Kier molecular flexibility index (Phi) is 4.16. The molecule has 0 aliphatic carbocycles. The first kappa shape index (κ1) is 11.0. The number of hydrogen-bond donors (Lipinski definition) is 1. The first-order valence-electron chi connectivity index (χ1n) is 5.24. The van der Waals surface area contributed by atoms with Crippen molar-refractivity contribution in [1.29, 1.82) is 0 Å². The van der Waals surface area contributed by atoms with Crippen molar-refractivity contribution in [3.8, 4) is 0 Å². The average Bonchev–Trinajstić information content (AvgIpc) is 2.10. The monoisotopic (exact) mass is 185 g/mol. The SMILES string of the molecule is CNCCN1CC(C)N(C)C(C)C1. The molecule has 3 nitrogen and oxygen atoms in total. The molecule has 78 valence electrons. The van der Waals surface area contributed by atoms with Crippen molar-refractivity contribution in [2.24, 2.45) is 0 Å². The molecule has 3 heteroatoms. The van der Waals surface area contributed by atoms with Crippen molar-refractivity contribution >= 4 is 0 Å². The summed E-state index contributed by atoms with van der Waals surface area (Å²) in [6, 6.07) is 1.39. The lowest BCUT2D eigenvalue weighted by Gasteiger charge is -2.42. The second-order valence-corrected chi connectivity index (χ2v) is 4.23. The van der Waals surface area contributed by atoms with Gasteiger partial charge in [-0.05, 0) is 27.9 Å². The third kappa shape index (κ3) is 2.93. The molecular formula is C10H23N3. The van der Waals surface area contributed by atoms with Crippen molar-refractivity contribution in [3.63, 3.8) is 0 Å². The van der Waals surface area contributed by atoms with Gasteiger partial charge in [0.2, 0.25) is 0 Å². The van der Waals surface area contributed by atoms with Crippen molar-refractivity contribution in [2.45, 2.75) is 25.9 Å². The van der Waals surface area contributed by atoms with Crippen LogP contribution >= 0.6 is 0 Å². The van der Waals surface area contributed by atoms with Gasteiger partial charge in [-0.15, -0.1) is 0 Å². The highest BCUT2D eigenvalue weighted by Gasteiger charge is 2.25. The van der Waals surface area contributed by atoms with Crippen LogP contribution in [0.1, 0.15) is 13.8 Å². The van der Waals surface area contributed by atoms with E-state index in [4.69, 9.17) is 0 Å². The lowest BCUT2D eigenvalue weighted by molar-refractivity contribution is 0.0611. The molecule has 2 unspecified atom stereocenters. The standard InChI is InChI=1S/C10H23N3/c1-9-7-13(6-5-11-3)8-10(2)12(9)4/h9-11H,5-8H2,1-4H3. The minimum Gasteiger partial charge on any atom is -0.318 e. The van der Waals surface area contributed by atoms with Crippen molar-refractivity contribution in [1.82, 2.24) is 15.1 Å². The summed E-state index contributed by atoms with van der Waals surface area (Å²) in [5.41, 5.74) is 0.